The Balaban J connectivity index is 4.65. The number of carbonyl (C=O) groups excluding carboxylic acids is 1. The minimum absolute atomic E-state index is 1.07. The fourth-order valence-electron chi connectivity index (χ4n) is 0.798. The van der Waals surface area contributed by atoms with Crippen LogP contribution in [0.25, 0.3) is 0 Å². The van der Waals surface area contributed by atoms with Gasteiger partial charge in [-0.1, -0.05) is 0 Å². The first-order chi connectivity index (χ1) is 6.81. The quantitative estimate of drug-likeness (QED) is 0.456. The zero-order valence-electron chi connectivity index (χ0n) is 7.37. The molecule has 0 saturated carbocycles. The van der Waals surface area contributed by atoms with E-state index < -0.39 is 51.8 Å². The predicted octanol–water partition coefficient (Wildman–Crippen LogP) is -1.83. The molecule has 0 spiro atoms. The Morgan fingerprint density at radius 3 is 2.07 bits per heavy atom. The fraction of sp³-hybridized carbons (Fsp3) is 0.500. The van der Waals surface area contributed by atoms with Crippen molar-refractivity contribution in [1.29, 1.82) is 0 Å². The van der Waals surface area contributed by atoms with Crippen molar-refractivity contribution in [1.82, 2.24) is 0 Å². The van der Waals surface area contributed by atoms with E-state index in [1.165, 1.54) is 0 Å². The van der Waals surface area contributed by atoms with E-state index in [0.29, 0.717) is 0 Å². The molecular formula is C6H7AlO8. The monoisotopic (exact) mass is 234 g/mol. The van der Waals surface area contributed by atoms with Crippen LogP contribution in [0.15, 0.2) is 0 Å². The number of carboxylic acids is 2. The van der Waals surface area contributed by atoms with Gasteiger partial charge in [-0.15, -0.1) is 0 Å². The molecule has 15 heavy (non-hydrogen) atoms. The van der Waals surface area contributed by atoms with E-state index >= 15 is 0 Å². The van der Waals surface area contributed by atoms with Crippen molar-refractivity contribution in [3.63, 3.8) is 0 Å². The first-order valence-corrected chi connectivity index (χ1v) is 4.57. The maximum atomic E-state index is 10.7. The van der Waals surface area contributed by atoms with Gasteiger partial charge < -0.3 is 0 Å². The van der Waals surface area contributed by atoms with E-state index in [0.717, 1.165) is 0 Å². The average Bonchev–Trinajstić information content (AvgIpc) is 2.01. The molecule has 0 aromatic carbocycles. The van der Waals surface area contributed by atoms with E-state index in [4.69, 9.17) is 10.2 Å². The van der Waals surface area contributed by atoms with E-state index in [2.05, 4.69) is 3.79 Å². The van der Waals surface area contributed by atoms with Crippen LogP contribution >= 0.6 is 0 Å². The summed E-state index contributed by atoms with van der Waals surface area (Å²) in [6.07, 6.45) is -2.21. The van der Waals surface area contributed by atoms with Gasteiger partial charge in [-0.3, -0.25) is 0 Å². The van der Waals surface area contributed by atoms with Gasteiger partial charge >= 0.3 is 89.1 Å². The SMILES string of the molecule is [O]=[Al][O]C(=O)CC(O)(CC(=O)O)C(=O)O. The molecule has 3 N–H and O–H groups in total. The van der Waals surface area contributed by atoms with Crippen molar-refractivity contribution in [3.05, 3.63) is 0 Å². The minimum atomic E-state index is -2.74. The molecule has 0 rings (SSSR count). The molecule has 82 valence electrons. The summed E-state index contributed by atoms with van der Waals surface area (Å²) in [5, 5.41) is 26.1. The Hall–Kier alpha value is -1.30. The molecule has 0 aliphatic carbocycles. The third kappa shape index (κ3) is 4.64. The number of aliphatic hydroxyl groups is 1. The Kier molecular flexibility index (Phi) is 5.07. The molecule has 0 radical (unpaired) electrons. The maximum absolute atomic E-state index is 10.7. The topological polar surface area (TPSA) is 138 Å². The summed E-state index contributed by atoms with van der Waals surface area (Å²) >= 11 is -1.87. The second-order valence-electron chi connectivity index (χ2n) is 2.67. The third-order valence-electron chi connectivity index (χ3n) is 1.46. The van der Waals surface area contributed by atoms with Crippen molar-refractivity contribution in [2.75, 3.05) is 0 Å². The zero-order valence-corrected chi connectivity index (χ0v) is 8.53. The Morgan fingerprint density at radius 1 is 1.20 bits per heavy atom. The Morgan fingerprint density at radius 2 is 1.73 bits per heavy atom. The van der Waals surface area contributed by atoms with Crippen LogP contribution in [0.4, 0.5) is 0 Å². The van der Waals surface area contributed by atoms with E-state index in [-0.39, 0.29) is 0 Å². The number of hydrogen-bond donors (Lipinski definition) is 3. The summed E-state index contributed by atoms with van der Waals surface area (Å²) in [5.41, 5.74) is -2.74. The van der Waals surface area contributed by atoms with Crippen molar-refractivity contribution < 1.29 is 37.3 Å². The van der Waals surface area contributed by atoms with Gasteiger partial charge in [-0.05, 0) is 0 Å². The van der Waals surface area contributed by atoms with Gasteiger partial charge in [0.1, 0.15) is 0 Å². The van der Waals surface area contributed by atoms with Crippen LogP contribution in [0.3, 0.4) is 0 Å². The summed E-state index contributed by atoms with van der Waals surface area (Å²) < 4.78 is 13.9. The molecule has 0 bridgehead atoms. The molecule has 0 fully saturated rings. The molecular weight excluding hydrogens is 227 g/mol. The van der Waals surface area contributed by atoms with Gasteiger partial charge in [0.2, 0.25) is 0 Å². The van der Waals surface area contributed by atoms with Gasteiger partial charge in [0.05, 0.1) is 0 Å². The summed E-state index contributed by atoms with van der Waals surface area (Å²) in [7, 11) is 0. The zero-order chi connectivity index (χ0) is 12.1. The molecule has 1 unspecified atom stereocenters. The number of aliphatic carboxylic acids is 2. The van der Waals surface area contributed by atoms with Crippen molar-refractivity contribution >= 4 is 33.4 Å². The van der Waals surface area contributed by atoms with E-state index in [9.17, 15) is 23.3 Å². The van der Waals surface area contributed by atoms with Crippen LogP contribution < -0.4 is 0 Å². The van der Waals surface area contributed by atoms with Gasteiger partial charge in [0, 0.05) is 0 Å². The molecule has 0 heterocycles. The Bertz CT molecular complexity index is 300. The predicted molar refractivity (Wildman–Crippen MR) is 42.0 cm³/mol. The summed E-state index contributed by atoms with van der Waals surface area (Å²) in [4.78, 5) is 31.5. The standard InChI is InChI=1S/C6H8O7.Al.O/c7-3(8)1-6(13,5(11)12)2-4(9)10;;/h13H,1-2H2,(H,7,8)(H,9,10)(H,11,12);;/q;+1;/p-1. The van der Waals surface area contributed by atoms with Crippen LogP contribution in [0.2, 0.25) is 0 Å². The molecule has 0 aromatic rings. The summed E-state index contributed by atoms with van der Waals surface area (Å²) in [6.45, 7) is 0. The van der Waals surface area contributed by atoms with Crippen LogP contribution in [0, 0.1) is 0 Å². The van der Waals surface area contributed by atoms with Crippen molar-refractivity contribution in [2.45, 2.75) is 18.4 Å². The second kappa shape index (κ2) is 5.55. The van der Waals surface area contributed by atoms with Crippen LogP contribution in [0.5, 0.6) is 0 Å². The van der Waals surface area contributed by atoms with Gasteiger partial charge in [-0.2, -0.15) is 0 Å². The average molecular weight is 234 g/mol. The first-order valence-electron chi connectivity index (χ1n) is 3.62. The number of hydrogen-bond acceptors (Lipinski definition) is 6. The van der Waals surface area contributed by atoms with Gasteiger partial charge in [0.15, 0.2) is 0 Å². The van der Waals surface area contributed by atoms with Gasteiger partial charge in [-0.25, -0.2) is 0 Å². The molecule has 0 aliphatic rings. The molecule has 0 aromatic heterocycles. The molecule has 0 amide bonds. The van der Waals surface area contributed by atoms with Crippen LogP contribution in [-0.4, -0.2) is 54.3 Å². The first kappa shape index (κ1) is 13.7. The third-order valence-corrected chi connectivity index (χ3v) is 1.82. The normalized spacial score (nSPS) is 13.4. The van der Waals surface area contributed by atoms with Crippen LogP contribution in [-0.2, 0) is 22.0 Å². The van der Waals surface area contributed by atoms with Gasteiger partial charge in [0.25, 0.3) is 0 Å². The number of carboxylic acid groups (broad SMARTS) is 2. The summed E-state index contributed by atoms with van der Waals surface area (Å²) in [6, 6.07) is 0. The molecule has 1 atom stereocenters. The fourth-order valence-corrected chi connectivity index (χ4v) is 0.989. The molecule has 0 aliphatic heterocycles. The number of carbonyl (C=O) groups is 3. The van der Waals surface area contributed by atoms with E-state index in [1.807, 2.05) is 0 Å². The van der Waals surface area contributed by atoms with Crippen molar-refractivity contribution in [3.8, 4) is 0 Å². The summed E-state index contributed by atoms with van der Waals surface area (Å²) in [5.74, 6) is -4.67. The molecule has 0 saturated heterocycles. The second-order valence-corrected chi connectivity index (χ2v) is 3.10. The molecule has 9 heteroatoms. The Labute approximate surface area is 89.7 Å². The van der Waals surface area contributed by atoms with E-state index in [1.54, 1.807) is 0 Å². The van der Waals surface area contributed by atoms with Crippen LogP contribution in [0.1, 0.15) is 12.8 Å². The van der Waals surface area contributed by atoms with Crippen molar-refractivity contribution in [2.24, 2.45) is 0 Å². The number of rotatable bonds is 6. The molecule has 8 nitrogen and oxygen atoms in total.